The smallest absolute Gasteiger partial charge is 0.162 e. The number of rotatable bonds is 7. The molecule has 2 aromatic rings. The number of benzene rings is 2. The second kappa shape index (κ2) is 7.70. The molecule has 0 aliphatic rings. The maximum atomic E-state index is 10.1. The third-order valence-corrected chi connectivity index (χ3v) is 3.53. The minimum Gasteiger partial charge on any atom is -0.504 e. The number of hydrogen-bond donors (Lipinski definition) is 2. The van der Waals surface area contributed by atoms with Gasteiger partial charge in [-0.3, -0.25) is 0 Å². The van der Waals surface area contributed by atoms with Gasteiger partial charge in [0, 0.05) is 12.1 Å². The van der Waals surface area contributed by atoms with Crippen molar-refractivity contribution in [3.8, 4) is 11.5 Å². The molecule has 112 valence electrons. The summed E-state index contributed by atoms with van der Waals surface area (Å²) in [5, 5.41) is 13.5. The minimum atomic E-state index is 0.239. The molecule has 0 bridgehead atoms. The quantitative estimate of drug-likeness (QED) is 0.766. The molecule has 2 rings (SSSR count). The van der Waals surface area contributed by atoms with Crippen LogP contribution in [0.15, 0.2) is 42.5 Å². The van der Waals surface area contributed by atoms with Crippen molar-refractivity contribution >= 4 is 0 Å². The minimum absolute atomic E-state index is 0.239. The number of para-hydroxylation sites is 1. The molecule has 2 N–H and O–H groups in total. The van der Waals surface area contributed by atoms with Crippen LogP contribution in [-0.2, 0) is 13.0 Å². The number of hydrogen-bond acceptors (Lipinski definition) is 3. The highest BCUT2D eigenvalue weighted by Gasteiger charge is 2.07. The van der Waals surface area contributed by atoms with Crippen molar-refractivity contribution in [2.24, 2.45) is 0 Å². The van der Waals surface area contributed by atoms with Crippen molar-refractivity contribution in [3.63, 3.8) is 0 Å². The number of ether oxygens (including phenoxy) is 1. The Morgan fingerprint density at radius 3 is 2.57 bits per heavy atom. The highest BCUT2D eigenvalue weighted by molar-refractivity contribution is 5.45. The van der Waals surface area contributed by atoms with Gasteiger partial charge in [0.05, 0.1) is 6.61 Å². The predicted octanol–water partition coefficient (Wildman–Crippen LogP) is 3.43. The molecule has 0 unspecified atom stereocenters. The lowest BCUT2D eigenvalue weighted by molar-refractivity contribution is 0.316. The highest BCUT2D eigenvalue weighted by Crippen LogP contribution is 2.29. The fraction of sp³-hybridized carbons (Fsp3) is 0.333. The molecule has 0 fully saturated rings. The molecule has 0 amide bonds. The van der Waals surface area contributed by atoms with E-state index in [1.54, 1.807) is 6.07 Å². The summed E-state index contributed by atoms with van der Waals surface area (Å²) in [5.74, 6) is 0.790. The van der Waals surface area contributed by atoms with E-state index in [0.717, 1.165) is 18.5 Å². The van der Waals surface area contributed by atoms with E-state index in [4.69, 9.17) is 4.74 Å². The van der Waals surface area contributed by atoms with Crippen LogP contribution in [0.5, 0.6) is 11.5 Å². The molecule has 0 saturated heterocycles. The second-order valence-electron chi connectivity index (χ2n) is 5.05. The zero-order valence-electron chi connectivity index (χ0n) is 12.7. The lowest BCUT2D eigenvalue weighted by Crippen LogP contribution is -2.17. The summed E-state index contributed by atoms with van der Waals surface area (Å²) in [6, 6.07) is 14.0. The zero-order chi connectivity index (χ0) is 15.1. The van der Waals surface area contributed by atoms with Gasteiger partial charge >= 0.3 is 0 Å². The maximum absolute atomic E-state index is 10.1. The normalized spacial score (nSPS) is 10.6. The molecule has 3 nitrogen and oxygen atoms in total. The van der Waals surface area contributed by atoms with Crippen LogP contribution < -0.4 is 10.1 Å². The molecule has 21 heavy (non-hydrogen) atoms. The Hall–Kier alpha value is -2.00. The van der Waals surface area contributed by atoms with Crippen molar-refractivity contribution in [2.45, 2.75) is 26.8 Å². The van der Waals surface area contributed by atoms with Gasteiger partial charge in [0.2, 0.25) is 0 Å². The Morgan fingerprint density at radius 1 is 1.05 bits per heavy atom. The number of aryl methyl sites for hydroxylation is 1. The van der Waals surface area contributed by atoms with Crippen LogP contribution in [-0.4, -0.2) is 18.3 Å². The Morgan fingerprint density at radius 2 is 1.81 bits per heavy atom. The Kier molecular flexibility index (Phi) is 5.64. The summed E-state index contributed by atoms with van der Waals surface area (Å²) in [4.78, 5) is 0. The van der Waals surface area contributed by atoms with Gasteiger partial charge in [0.15, 0.2) is 11.5 Å². The van der Waals surface area contributed by atoms with Gasteiger partial charge in [0.1, 0.15) is 0 Å². The second-order valence-corrected chi connectivity index (χ2v) is 5.05. The number of phenolic OH excluding ortho intramolecular Hbond substituents is 1. The van der Waals surface area contributed by atoms with Crippen LogP contribution in [0.1, 0.15) is 23.6 Å². The molecule has 0 radical (unpaired) electrons. The predicted molar refractivity (Wildman–Crippen MR) is 85.9 cm³/mol. The lowest BCUT2D eigenvalue weighted by Gasteiger charge is -2.11. The first-order valence-electron chi connectivity index (χ1n) is 7.41. The van der Waals surface area contributed by atoms with Crippen LogP contribution in [0, 0.1) is 6.92 Å². The van der Waals surface area contributed by atoms with Crippen LogP contribution in [0.3, 0.4) is 0 Å². The summed E-state index contributed by atoms with van der Waals surface area (Å²) >= 11 is 0. The van der Waals surface area contributed by atoms with E-state index in [2.05, 4.69) is 36.5 Å². The summed E-state index contributed by atoms with van der Waals surface area (Å²) in [7, 11) is 0. The number of aromatic hydroxyl groups is 1. The summed E-state index contributed by atoms with van der Waals surface area (Å²) in [6.45, 7) is 6.11. The molecule has 0 spiro atoms. The van der Waals surface area contributed by atoms with E-state index in [1.165, 1.54) is 11.1 Å². The van der Waals surface area contributed by atoms with Crippen LogP contribution in [0.2, 0.25) is 0 Å². The third-order valence-electron chi connectivity index (χ3n) is 3.53. The third kappa shape index (κ3) is 4.23. The first kappa shape index (κ1) is 15.4. The Labute approximate surface area is 126 Å². The molecule has 2 aromatic carbocycles. The van der Waals surface area contributed by atoms with E-state index < -0.39 is 0 Å². The highest BCUT2D eigenvalue weighted by atomic mass is 16.5. The topological polar surface area (TPSA) is 41.5 Å². The first-order chi connectivity index (χ1) is 10.2. The molecule has 0 heterocycles. The molecular formula is C18H23NO2. The monoisotopic (exact) mass is 285 g/mol. The molecule has 0 aromatic heterocycles. The Bertz CT molecular complexity index is 581. The van der Waals surface area contributed by atoms with Gasteiger partial charge in [-0.05, 0) is 44.0 Å². The van der Waals surface area contributed by atoms with E-state index >= 15 is 0 Å². The average Bonchev–Trinajstić information content (AvgIpc) is 2.49. The summed E-state index contributed by atoms with van der Waals surface area (Å²) in [6.07, 6.45) is 0.985. The number of nitrogens with one attached hydrogen (secondary N) is 1. The Balaban J connectivity index is 1.86. The molecule has 0 aliphatic heterocycles. The van der Waals surface area contributed by atoms with Gasteiger partial charge in [-0.1, -0.05) is 36.4 Å². The fourth-order valence-corrected chi connectivity index (χ4v) is 2.32. The molecule has 0 saturated carbocycles. The van der Waals surface area contributed by atoms with Crippen molar-refractivity contribution in [3.05, 3.63) is 59.2 Å². The van der Waals surface area contributed by atoms with Crippen molar-refractivity contribution in [1.82, 2.24) is 5.32 Å². The van der Waals surface area contributed by atoms with Gasteiger partial charge < -0.3 is 15.2 Å². The van der Waals surface area contributed by atoms with Gasteiger partial charge in [-0.15, -0.1) is 0 Å². The van der Waals surface area contributed by atoms with Crippen molar-refractivity contribution in [2.75, 3.05) is 13.2 Å². The van der Waals surface area contributed by atoms with Crippen LogP contribution in [0.25, 0.3) is 0 Å². The molecule has 3 heteroatoms. The maximum Gasteiger partial charge on any atom is 0.162 e. The van der Waals surface area contributed by atoms with E-state index in [1.807, 2.05) is 19.1 Å². The van der Waals surface area contributed by atoms with Crippen molar-refractivity contribution in [1.29, 1.82) is 0 Å². The SMILES string of the molecule is CCOc1cccc(CNCCc2ccccc2C)c1O. The van der Waals surface area contributed by atoms with Gasteiger partial charge in [-0.2, -0.15) is 0 Å². The van der Waals surface area contributed by atoms with Crippen molar-refractivity contribution < 1.29 is 9.84 Å². The fourth-order valence-electron chi connectivity index (χ4n) is 2.32. The van der Waals surface area contributed by atoms with Gasteiger partial charge in [0.25, 0.3) is 0 Å². The first-order valence-corrected chi connectivity index (χ1v) is 7.41. The lowest BCUT2D eigenvalue weighted by atomic mass is 10.1. The largest absolute Gasteiger partial charge is 0.504 e. The molecule has 0 aliphatic carbocycles. The molecular weight excluding hydrogens is 262 g/mol. The van der Waals surface area contributed by atoms with E-state index in [0.29, 0.717) is 18.9 Å². The van der Waals surface area contributed by atoms with Crippen LogP contribution in [0.4, 0.5) is 0 Å². The van der Waals surface area contributed by atoms with E-state index in [-0.39, 0.29) is 5.75 Å². The summed E-state index contributed by atoms with van der Waals surface area (Å²) in [5.41, 5.74) is 3.54. The standard InChI is InChI=1S/C18H23NO2/c1-3-21-17-10-6-9-16(18(17)20)13-19-12-11-15-8-5-4-7-14(15)2/h4-10,19-20H,3,11-13H2,1-2H3. The molecule has 0 atom stereocenters. The summed E-state index contributed by atoms with van der Waals surface area (Å²) < 4.78 is 5.39. The van der Waals surface area contributed by atoms with Crippen LogP contribution >= 0.6 is 0 Å². The zero-order valence-corrected chi connectivity index (χ0v) is 12.7. The number of phenols is 1. The van der Waals surface area contributed by atoms with E-state index in [9.17, 15) is 5.11 Å². The van der Waals surface area contributed by atoms with Gasteiger partial charge in [-0.25, -0.2) is 0 Å². The average molecular weight is 285 g/mol.